The van der Waals surface area contributed by atoms with Gasteiger partial charge in [-0.1, -0.05) is 38.1 Å². The van der Waals surface area contributed by atoms with Gasteiger partial charge in [0.25, 0.3) is 0 Å². The molecule has 2 rings (SSSR count). The van der Waals surface area contributed by atoms with E-state index in [-0.39, 0.29) is 0 Å². The van der Waals surface area contributed by atoms with E-state index in [2.05, 4.69) is 56.6 Å². The molecule has 0 atom stereocenters. The molecule has 0 aliphatic rings. The van der Waals surface area contributed by atoms with Crippen LogP contribution in [0.5, 0.6) is 0 Å². The molecule has 0 saturated carbocycles. The number of aryl methyl sites for hydroxylation is 2. The summed E-state index contributed by atoms with van der Waals surface area (Å²) >= 11 is 0. The van der Waals surface area contributed by atoms with Crippen molar-refractivity contribution in [2.75, 3.05) is 0 Å². The molecule has 0 fully saturated rings. The largest absolute Gasteiger partial charge is 0.259 e. The highest BCUT2D eigenvalue weighted by molar-refractivity contribution is 5.85. The average molecular weight is 292 g/mol. The smallest absolute Gasteiger partial charge is 0.0847 e. The Morgan fingerprint density at radius 3 is 2.73 bits per heavy atom. The number of rotatable bonds is 5. The van der Waals surface area contributed by atoms with E-state index in [0.717, 1.165) is 41.1 Å². The second kappa shape index (κ2) is 7.17. The van der Waals surface area contributed by atoms with Crippen LogP contribution in [0.25, 0.3) is 17.2 Å². The van der Waals surface area contributed by atoms with E-state index in [9.17, 15) is 0 Å². The van der Waals surface area contributed by atoms with E-state index in [1.165, 1.54) is 11.1 Å². The summed E-state index contributed by atoms with van der Waals surface area (Å²) in [6.45, 7) is 12.2. The van der Waals surface area contributed by atoms with Crippen molar-refractivity contribution in [3.05, 3.63) is 53.9 Å². The number of nitrogens with zero attached hydrogens (tertiary/aromatic N) is 2. The summed E-state index contributed by atoms with van der Waals surface area (Å²) in [5, 5.41) is 0. The molecule has 1 aromatic carbocycles. The molecule has 22 heavy (non-hydrogen) atoms. The highest BCUT2D eigenvalue weighted by Gasteiger charge is 2.07. The van der Waals surface area contributed by atoms with Crippen LogP contribution in [-0.2, 0) is 0 Å². The monoisotopic (exact) mass is 292 g/mol. The molecular weight excluding hydrogens is 268 g/mol. The van der Waals surface area contributed by atoms with E-state index in [4.69, 9.17) is 4.99 Å². The second-order valence-electron chi connectivity index (χ2n) is 5.70. The molecule has 0 aliphatic carbocycles. The molecule has 2 nitrogen and oxygen atoms in total. The number of aromatic nitrogens is 1. The molecule has 0 N–H and O–H groups in total. The molecule has 1 heterocycles. The van der Waals surface area contributed by atoms with Crippen LogP contribution in [0, 0.1) is 13.8 Å². The zero-order chi connectivity index (χ0) is 16.1. The van der Waals surface area contributed by atoms with Gasteiger partial charge in [0.2, 0.25) is 0 Å². The van der Waals surface area contributed by atoms with Crippen LogP contribution in [0.3, 0.4) is 0 Å². The standard InChI is InChI=1S/C20H24N2/c1-6-8-15(4)22-20-12-18(13-21-16(20)5)19-11-17(7-2)10-9-14(19)3/h7,9-13H,2,6,8H2,1,3-5H3/b22-15+. The number of hydrogen-bond donors (Lipinski definition) is 0. The predicted octanol–water partition coefficient (Wildman–Crippen LogP) is 5.90. The van der Waals surface area contributed by atoms with Gasteiger partial charge in [-0.15, -0.1) is 0 Å². The molecule has 0 saturated heterocycles. The molecule has 0 bridgehead atoms. The quantitative estimate of drug-likeness (QED) is 0.630. The summed E-state index contributed by atoms with van der Waals surface area (Å²) < 4.78 is 0. The van der Waals surface area contributed by atoms with Crippen molar-refractivity contribution in [3.63, 3.8) is 0 Å². The van der Waals surface area contributed by atoms with Crippen molar-refractivity contribution in [2.45, 2.75) is 40.5 Å². The highest BCUT2D eigenvalue weighted by Crippen LogP contribution is 2.29. The van der Waals surface area contributed by atoms with Crippen molar-refractivity contribution >= 4 is 17.5 Å². The van der Waals surface area contributed by atoms with Crippen LogP contribution in [0.4, 0.5) is 5.69 Å². The van der Waals surface area contributed by atoms with E-state index >= 15 is 0 Å². The normalized spacial score (nSPS) is 11.5. The maximum absolute atomic E-state index is 4.74. The third kappa shape index (κ3) is 3.70. The molecular formula is C20H24N2. The van der Waals surface area contributed by atoms with Gasteiger partial charge >= 0.3 is 0 Å². The Bertz CT molecular complexity index is 712. The Kier molecular flexibility index (Phi) is 5.26. The lowest BCUT2D eigenvalue weighted by molar-refractivity contribution is 0.987. The zero-order valence-electron chi connectivity index (χ0n) is 14.0. The summed E-state index contributed by atoms with van der Waals surface area (Å²) in [6.07, 6.45) is 5.93. The Labute approximate surface area is 133 Å². The molecule has 2 heteroatoms. The first-order valence-corrected chi connectivity index (χ1v) is 7.79. The lowest BCUT2D eigenvalue weighted by Crippen LogP contribution is -1.92. The van der Waals surface area contributed by atoms with E-state index < -0.39 is 0 Å². The lowest BCUT2D eigenvalue weighted by atomic mass is 9.98. The van der Waals surface area contributed by atoms with Gasteiger partial charge in [-0.25, -0.2) is 0 Å². The van der Waals surface area contributed by atoms with Gasteiger partial charge in [-0.3, -0.25) is 9.98 Å². The topological polar surface area (TPSA) is 25.2 Å². The van der Waals surface area contributed by atoms with Crippen LogP contribution in [0.1, 0.15) is 43.5 Å². The molecule has 0 radical (unpaired) electrons. The fourth-order valence-electron chi connectivity index (χ4n) is 2.48. The first-order valence-electron chi connectivity index (χ1n) is 7.79. The molecule has 114 valence electrons. The number of benzene rings is 1. The zero-order valence-corrected chi connectivity index (χ0v) is 14.0. The number of hydrogen-bond acceptors (Lipinski definition) is 2. The van der Waals surface area contributed by atoms with Crippen LogP contribution in [-0.4, -0.2) is 10.7 Å². The lowest BCUT2D eigenvalue weighted by Gasteiger charge is -2.10. The minimum absolute atomic E-state index is 0.965. The Morgan fingerprint density at radius 2 is 2.05 bits per heavy atom. The SMILES string of the molecule is C=Cc1ccc(C)c(-c2cnc(C)c(/N=C(\C)CCC)c2)c1. The molecule has 1 aromatic heterocycles. The van der Waals surface area contributed by atoms with Crippen molar-refractivity contribution < 1.29 is 0 Å². The van der Waals surface area contributed by atoms with Gasteiger partial charge < -0.3 is 0 Å². The van der Waals surface area contributed by atoms with Gasteiger partial charge in [0.05, 0.1) is 11.4 Å². The Morgan fingerprint density at radius 1 is 1.27 bits per heavy atom. The Balaban J connectivity index is 2.50. The number of pyridine rings is 1. The summed E-state index contributed by atoms with van der Waals surface area (Å²) in [4.78, 5) is 9.27. The van der Waals surface area contributed by atoms with Gasteiger partial charge in [-0.2, -0.15) is 0 Å². The van der Waals surface area contributed by atoms with Crippen molar-refractivity contribution in [3.8, 4) is 11.1 Å². The summed E-state index contributed by atoms with van der Waals surface area (Å²) in [7, 11) is 0. The molecule has 2 aromatic rings. The van der Waals surface area contributed by atoms with Crippen LogP contribution < -0.4 is 0 Å². The fraction of sp³-hybridized carbons (Fsp3) is 0.300. The Hall–Kier alpha value is -2.22. The molecule has 0 aliphatic heterocycles. The van der Waals surface area contributed by atoms with Crippen molar-refractivity contribution in [2.24, 2.45) is 4.99 Å². The van der Waals surface area contributed by atoms with Crippen LogP contribution >= 0.6 is 0 Å². The third-order valence-electron chi connectivity index (χ3n) is 3.79. The van der Waals surface area contributed by atoms with Gasteiger partial charge in [-0.05, 0) is 56.0 Å². The van der Waals surface area contributed by atoms with Crippen molar-refractivity contribution in [1.29, 1.82) is 0 Å². The van der Waals surface area contributed by atoms with Crippen LogP contribution in [0.2, 0.25) is 0 Å². The van der Waals surface area contributed by atoms with E-state index in [1.54, 1.807) is 0 Å². The highest BCUT2D eigenvalue weighted by atomic mass is 14.8. The van der Waals surface area contributed by atoms with Crippen LogP contribution in [0.15, 0.2) is 42.0 Å². The maximum Gasteiger partial charge on any atom is 0.0847 e. The third-order valence-corrected chi connectivity index (χ3v) is 3.79. The van der Waals surface area contributed by atoms with Gasteiger partial charge in [0.15, 0.2) is 0 Å². The average Bonchev–Trinajstić information content (AvgIpc) is 2.50. The van der Waals surface area contributed by atoms with Crippen molar-refractivity contribution in [1.82, 2.24) is 4.98 Å². The maximum atomic E-state index is 4.74. The predicted molar refractivity (Wildman–Crippen MR) is 96.9 cm³/mol. The van der Waals surface area contributed by atoms with Gasteiger partial charge in [0, 0.05) is 17.5 Å². The van der Waals surface area contributed by atoms with E-state index in [0.29, 0.717) is 0 Å². The fourth-order valence-corrected chi connectivity index (χ4v) is 2.48. The summed E-state index contributed by atoms with van der Waals surface area (Å²) in [5.74, 6) is 0. The first-order chi connectivity index (χ1) is 10.5. The van der Waals surface area contributed by atoms with E-state index in [1.807, 2.05) is 19.2 Å². The minimum Gasteiger partial charge on any atom is -0.259 e. The van der Waals surface area contributed by atoms with Gasteiger partial charge in [0.1, 0.15) is 0 Å². The summed E-state index contributed by atoms with van der Waals surface area (Å²) in [5.41, 5.74) is 7.74. The first kappa shape index (κ1) is 16.2. The molecule has 0 amide bonds. The molecule has 0 unspecified atom stereocenters. The second-order valence-corrected chi connectivity index (χ2v) is 5.70. The minimum atomic E-state index is 0.965. The summed E-state index contributed by atoms with van der Waals surface area (Å²) in [6, 6.07) is 8.49. The number of aliphatic imine (C=N–C) groups is 1. The molecule has 0 spiro atoms.